The maximum atomic E-state index is 13.8. The number of halogens is 2. The summed E-state index contributed by atoms with van der Waals surface area (Å²) in [6.07, 6.45) is 4.14. The number of hydrogen-bond acceptors (Lipinski definition) is 1. The smallest absolute Gasteiger partial charge is 0.127 e. The summed E-state index contributed by atoms with van der Waals surface area (Å²) in [5.41, 5.74) is 6.75. The minimum atomic E-state index is -0.204. The predicted molar refractivity (Wildman–Crippen MR) is 69.6 cm³/mol. The molecule has 1 aromatic rings. The van der Waals surface area contributed by atoms with Crippen LogP contribution in [0.15, 0.2) is 18.2 Å². The summed E-state index contributed by atoms with van der Waals surface area (Å²) in [6.45, 7) is 2.88. The van der Waals surface area contributed by atoms with E-state index >= 15 is 0 Å². The standard InChI is InChI=1S/C14H19ClFN/c1-10-4-5-14(7-10,9-17)8-11-2-3-12(15)6-13(11)16/h2-3,6,10H,4-5,7-9,17H2,1H3. The van der Waals surface area contributed by atoms with E-state index in [1.807, 2.05) is 0 Å². The Balaban J connectivity index is 2.19. The van der Waals surface area contributed by atoms with Crippen LogP contribution in [0.5, 0.6) is 0 Å². The molecule has 0 radical (unpaired) electrons. The van der Waals surface area contributed by atoms with Crippen LogP contribution in [-0.4, -0.2) is 6.54 Å². The van der Waals surface area contributed by atoms with Crippen LogP contribution < -0.4 is 5.73 Å². The van der Waals surface area contributed by atoms with E-state index in [0.29, 0.717) is 17.5 Å². The van der Waals surface area contributed by atoms with E-state index in [9.17, 15) is 4.39 Å². The first-order valence-electron chi connectivity index (χ1n) is 6.19. The summed E-state index contributed by atoms with van der Waals surface area (Å²) in [6, 6.07) is 4.93. The van der Waals surface area contributed by atoms with Gasteiger partial charge in [0.2, 0.25) is 0 Å². The Kier molecular flexibility index (Phi) is 3.74. The molecule has 1 fully saturated rings. The molecule has 94 valence electrons. The van der Waals surface area contributed by atoms with Crippen LogP contribution in [0.25, 0.3) is 0 Å². The third-order valence-corrected chi connectivity index (χ3v) is 4.20. The lowest BCUT2D eigenvalue weighted by molar-refractivity contribution is 0.292. The molecule has 1 nitrogen and oxygen atoms in total. The SMILES string of the molecule is CC1CCC(CN)(Cc2ccc(Cl)cc2F)C1. The molecule has 2 rings (SSSR count). The van der Waals surface area contributed by atoms with Gasteiger partial charge in [-0.1, -0.05) is 31.0 Å². The number of nitrogens with two attached hydrogens (primary N) is 1. The van der Waals surface area contributed by atoms with Gasteiger partial charge in [-0.05, 0) is 54.8 Å². The van der Waals surface area contributed by atoms with Crippen molar-refractivity contribution in [2.45, 2.75) is 32.6 Å². The number of hydrogen-bond donors (Lipinski definition) is 1. The van der Waals surface area contributed by atoms with Gasteiger partial charge in [-0.2, -0.15) is 0 Å². The first kappa shape index (κ1) is 12.8. The van der Waals surface area contributed by atoms with Crippen molar-refractivity contribution in [3.05, 3.63) is 34.6 Å². The topological polar surface area (TPSA) is 26.0 Å². The van der Waals surface area contributed by atoms with E-state index in [1.54, 1.807) is 12.1 Å². The lowest BCUT2D eigenvalue weighted by atomic mass is 9.79. The molecule has 0 bridgehead atoms. The molecule has 2 N–H and O–H groups in total. The molecule has 1 aliphatic carbocycles. The molecular weight excluding hydrogens is 237 g/mol. The fraction of sp³-hybridized carbons (Fsp3) is 0.571. The fourth-order valence-corrected chi connectivity index (χ4v) is 3.14. The molecule has 0 spiro atoms. The highest BCUT2D eigenvalue weighted by molar-refractivity contribution is 6.30. The summed E-state index contributed by atoms with van der Waals surface area (Å²) in [5, 5.41) is 0.452. The Labute approximate surface area is 107 Å². The lowest BCUT2D eigenvalue weighted by Crippen LogP contribution is -2.30. The van der Waals surface area contributed by atoms with Crippen molar-refractivity contribution in [3.63, 3.8) is 0 Å². The molecule has 0 heterocycles. The maximum Gasteiger partial charge on any atom is 0.127 e. The maximum absolute atomic E-state index is 13.8. The van der Waals surface area contributed by atoms with Crippen LogP contribution >= 0.6 is 11.6 Å². The first-order chi connectivity index (χ1) is 8.04. The molecule has 1 aliphatic rings. The van der Waals surface area contributed by atoms with E-state index in [0.717, 1.165) is 24.8 Å². The zero-order valence-electron chi connectivity index (χ0n) is 10.2. The van der Waals surface area contributed by atoms with E-state index in [1.165, 1.54) is 12.5 Å². The van der Waals surface area contributed by atoms with Gasteiger partial charge in [0.25, 0.3) is 0 Å². The number of rotatable bonds is 3. The average Bonchev–Trinajstić information content (AvgIpc) is 2.65. The van der Waals surface area contributed by atoms with Crippen molar-refractivity contribution in [2.75, 3.05) is 6.54 Å². The molecule has 0 aliphatic heterocycles. The molecule has 1 aromatic carbocycles. The summed E-state index contributed by atoms with van der Waals surface area (Å²) in [4.78, 5) is 0. The zero-order valence-corrected chi connectivity index (χ0v) is 10.9. The summed E-state index contributed by atoms with van der Waals surface area (Å²) >= 11 is 5.76. The molecule has 0 aromatic heterocycles. The van der Waals surface area contributed by atoms with Crippen LogP contribution in [0.2, 0.25) is 5.02 Å². The summed E-state index contributed by atoms with van der Waals surface area (Å²) < 4.78 is 13.8. The van der Waals surface area contributed by atoms with Crippen molar-refractivity contribution in [1.82, 2.24) is 0 Å². The quantitative estimate of drug-likeness (QED) is 0.874. The molecule has 2 unspecified atom stereocenters. The van der Waals surface area contributed by atoms with E-state index in [2.05, 4.69) is 6.92 Å². The highest BCUT2D eigenvalue weighted by Gasteiger charge is 2.36. The largest absolute Gasteiger partial charge is 0.330 e. The van der Waals surface area contributed by atoms with Gasteiger partial charge in [-0.15, -0.1) is 0 Å². The van der Waals surface area contributed by atoms with Gasteiger partial charge in [0.1, 0.15) is 5.82 Å². The van der Waals surface area contributed by atoms with E-state index < -0.39 is 0 Å². The van der Waals surface area contributed by atoms with Gasteiger partial charge in [0, 0.05) is 5.02 Å². The Morgan fingerprint density at radius 1 is 1.53 bits per heavy atom. The molecule has 1 saturated carbocycles. The molecule has 17 heavy (non-hydrogen) atoms. The third-order valence-electron chi connectivity index (χ3n) is 3.96. The Hall–Kier alpha value is -0.600. The fourth-order valence-electron chi connectivity index (χ4n) is 2.98. The van der Waals surface area contributed by atoms with Crippen molar-refractivity contribution in [3.8, 4) is 0 Å². The highest BCUT2D eigenvalue weighted by Crippen LogP contribution is 2.43. The van der Waals surface area contributed by atoms with Crippen molar-refractivity contribution in [2.24, 2.45) is 17.1 Å². The highest BCUT2D eigenvalue weighted by atomic mass is 35.5. The third kappa shape index (κ3) is 2.80. The predicted octanol–water partition coefficient (Wildman–Crippen LogP) is 3.79. The second-order valence-corrected chi connectivity index (χ2v) is 5.90. The molecule has 2 atom stereocenters. The van der Waals surface area contributed by atoms with Crippen molar-refractivity contribution >= 4 is 11.6 Å². The van der Waals surface area contributed by atoms with Crippen LogP contribution in [0.1, 0.15) is 31.7 Å². The minimum absolute atomic E-state index is 0.0914. The van der Waals surface area contributed by atoms with Crippen molar-refractivity contribution < 1.29 is 4.39 Å². The lowest BCUT2D eigenvalue weighted by Gasteiger charge is -2.28. The molecule has 0 amide bonds. The monoisotopic (exact) mass is 255 g/mol. The summed E-state index contributed by atoms with van der Waals surface area (Å²) in [7, 11) is 0. The van der Waals surface area contributed by atoms with Gasteiger partial charge >= 0.3 is 0 Å². The van der Waals surface area contributed by atoms with Gasteiger partial charge in [-0.25, -0.2) is 4.39 Å². The summed E-state index contributed by atoms with van der Waals surface area (Å²) in [5.74, 6) is 0.499. The number of benzene rings is 1. The zero-order chi connectivity index (χ0) is 12.5. The van der Waals surface area contributed by atoms with E-state index in [4.69, 9.17) is 17.3 Å². The van der Waals surface area contributed by atoms with Crippen LogP contribution in [0.4, 0.5) is 4.39 Å². The Bertz CT molecular complexity index is 407. The Morgan fingerprint density at radius 2 is 2.29 bits per heavy atom. The molecule has 0 saturated heterocycles. The van der Waals surface area contributed by atoms with E-state index in [-0.39, 0.29) is 11.2 Å². The van der Waals surface area contributed by atoms with Crippen LogP contribution in [0.3, 0.4) is 0 Å². The van der Waals surface area contributed by atoms with Crippen molar-refractivity contribution in [1.29, 1.82) is 0 Å². The first-order valence-corrected chi connectivity index (χ1v) is 6.56. The normalized spacial score (nSPS) is 28.6. The van der Waals surface area contributed by atoms with Gasteiger partial charge in [0.15, 0.2) is 0 Å². The second-order valence-electron chi connectivity index (χ2n) is 5.46. The average molecular weight is 256 g/mol. The molecule has 3 heteroatoms. The molecular formula is C14H19ClFN. The van der Waals surface area contributed by atoms with Crippen LogP contribution in [0, 0.1) is 17.2 Å². The second kappa shape index (κ2) is 4.95. The van der Waals surface area contributed by atoms with Crippen LogP contribution in [-0.2, 0) is 6.42 Å². The van der Waals surface area contributed by atoms with Gasteiger partial charge in [-0.3, -0.25) is 0 Å². The van der Waals surface area contributed by atoms with Gasteiger partial charge in [0.05, 0.1) is 0 Å². The Morgan fingerprint density at radius 3 is 2.82 bits per heavy atom. The minimum Gasteiger partial charge on any atom is -0.330 e. The van der Waals surface area contributed by atoms with Gasteiger partial charge < -0.3 is 5.73 Å².